The van der Waals surface area contributed by atoms with Gasteiger partial charge in [0.1, 0.15) is 5.69 Å². The highest BCUT2D eigenvalue weighted by Crippen LogP contribution is 2.27. The number of nitro groups is 1. The van der Waals surface area contributed by atoms with Gasteiger partial charge in [0.15, 0.2) is 0 Å². The summed E-state index contributed by atoms with van der Waals surface area (Å²) in [4.78, 5) is 10.0. The predicted molar refractivity (Wildman–Crippen MR) is 76.3 cm³/mol. The second-order valence-electron chi connectivity index (χ2n) is 4.84. The highest BCUT2D eigenvalue weighted by atomic mass is 32.2. The number of nitrogen functional groups attached to an aromatic ring is 1. The van der Waals surface area contributed by atoms with E-state index in [0.717, 1.165) is 12.1 Å². The van der Waals surface area contributed by atoms with Crippen molar-refractivity contribution in [2.45, 2.75) is 23.8 Å². The number of sulfonamides is 1. The molecule has 1 heterocycles. The van der Waals surface area contributed by atoms with Crippen LogP contribution in [0.2, 0.25) is 0 Å². The summed E-state index contributed by atoms with van der Waals surface area (Å²) in [6.45, 7) is 1.04. The molecular formula is C12H17N3O5S. The van der Waals surface area contributed by atoms with Gasteiger partial charge in [0.25, 0.3) is 5.69 Å². The molecule has 1 saturated heterocycles. The number of benzene rings is 1. The standard InChI is InChI=1S/C12H17N3O5S/c1-14(9-4-6-20-7-5-9)21(18,19)10-2-3-12(15(16)17)11(13)8-10/h2-3,8-9H,4-7,13H2,1H3. The monoisotopic (exact) mass is 315 g/mol. The number of ether oxygens (including phenoxy) is 1. The van der Waals surface area contributed by atoms with Crippen molar-refractivity contribution >= 4 is 21.4 Å². The molecule has 1 aromatic rings. The maximum absolute atomic E-state index is 12.5. The molecule has 2 N–H and O–H groups in total. The molecule has 0 aromatic heterocycles. The lowest BCUT2D eigenvalue weighted by Crippen LogP contribution is -2.40. The molecule has 0 amide bonds. The lowest BCUT2D eigenvalue weighted by molar-refractivity contribution is -0.383. The Labute approximate surface area is 122 Å². The number of nitrogens with two attached hydrogens (primary N) is 1. The van der Waals surface area contributed by atoms with Crippen LogP contribution in [0.4, 0.5) is 11.4 Å². The second kappa shape index (κ2) is 5.96. The van der Waals surface area contributed by atoms with Gasteiger partial charge in [-0.2, -0.15) is 4.31 Å². The Morgan fingerprint density at radius 3 is 2.52 bits per heavy atom. The molecule has 1 aliphatic rings. The highest BCUT2D eigenvalue weighted by Gasteiger charge is 2.30. The Balaban J connectivity index is 2.30. The third kappa shape index (κ3) is 3.14. The Bertz CT molecular complexity index is 640. The minimum absolute atomic E-state index is 0.0420. The van der Waals surface area contributed by atoms with E-state index in [0.29, 0.717) is 26.1 Å². The summed E-state index contributed by atoms with van der Waals surface area (Å²) in [5.41, 5.74) is 5.08. The maximum Gasteiger partial charge on any atom is 0.292 e. The lowest BCUT2D eigenvalue weighted by atomic mass is 10.1. The number of hydrogen-bond donors (Lipinski definition) is 1. The summed E-state index contributed by atoms with van der Waals surface area (Å²) in [7, 11) is -2.23. The van der Waals surface area contributed by atoms with Gasteiger partial charge in [-0.25, -0.2) is 8.42 Å². The van der Waals surface area contributed by atoms with E-state index >= 15 is 0 Å². The number of nitro benzene ring substituents is 1. The van der Waals surface area contributed by atoms with Crippen LogP contribution in [-0.4, -0.2) is 43.9 Å². The van der Waals surface area contributed by atoms with Crippen LogP contribution < -0.4 is 5.73 Å². The SMILES string of the molecule is CN(C1CCOCC1)S(=O)(=O)c1ccc([N+](=O)[O-])c(N)c1. The smallest absolute Gasteiger partial charge is 0.292 e. The molecule has 0 saturated carbocycles. The van der Waals surface area contributed by atoms with E-state index in [1.807, 2.05) is 0 Å². The van der Waals surface area contributed by atoms with Crippen LogP contribution in [0.15, 0.2) is 23.1 Å². The van der Waals surface area contributed by atoms with Gasteiger partial charge in [-0.3, -0.25) is 10.1 Å². The Morgan fingerprint density at radius 1 is 1.38 bits per heavy atom. The number of rotatable bonds is 4. The van der Waals surface area contributed by atoms with Crippen molar-refractivity contribution in [3.05, 3.63) is 28.3 Å². The molecule has 9 heteroatoms. The quantitative estimate of drug-likeness (QED) is 0.503. The van der Waals surface area contributed by atoms with E-state index in [9.17, 15) is 18.5 Å². The first-order chi connectivity index (χ1) is 9.84. The minimum atomic E-state index is -3.73. The molecule has 8 nitrogen and oxygen atoms in total. The topological polar surface area (TPSA) is 116 Å². The highest BCUT2D eigenvalue weighted by molar-refractivity contribution is 7.89. The van der Waals surface area contributed by atoms with Gasteiger partial charge in [0.05, 0.1) is 9.82 Å². The first-order valence-electron chi connectivity index (χ1n) is 6.43. The van der Waals surface area contributed by atoms with Crippen LogP contribution in [0.25, 0.3) is 0 Å². The molecule has 1 aliphatic heterocycles. The Hall–Kier alpha value is -1.71. The zero-order chi connectivity index (χ0) is 15.6. The van der Waals surface area contributed by atoms with Crippen LogP contribution in [0.3, 0.4) is 0 Å². The van der Waals surface area contributed by atoms with Crippen LogP contribution in [0.5, 0.6) is 0 Å². The van der Waals surface area contributed by atoms with Crippen LogP contribution in [0, 0.1) is 10.1 Å². The van der Waals surface area contributed by atoms with E-state index in [1.54, 1.807) is 0 Å². The van der Waals surface area contributed by atoms with Crippen LogP contribution in [-0.2, 0) is 14.8 Å². The van der Waals surface area contributed by atoms with Gasteiger partial charge in [0, 0.05) is 32.4 Å². The average Bonchev–Trinajstić information content (AvgIpc) is 2.46. The molecule has 0 atom stereocenters. The molecule has 0 unspecified atom stereocenters. The largest absolute Gasteiger partial charge is 0.393 e. The van der Waals surface area contributed by atoms with Gasteiger partial charge in [-0.15, -0.1) is 0 Å². The Kier molecular flexibility index (Phi) is 4.45. The van der Waals surface area contributed by atoms with E-state index in [1.165, 1.54) is 17.4 Å². The van der Waals surface area contributed by atoms with Crippen LogP contribution in [0.1, 0.15) is 12.8 Å². The Morgan fingerprint density at radius 2 is 2.00 bits per heavy atom. The summed E-state index contributed by atoms with van der Waals surface area (Å²) in [6.07, 6.45) is 1.25. The van der Waals surface area contributed by atoms with Gasteiger partial charge in [0.2, 0.25) is 10.0 Å². The molecule has 0 bridgehead atoms. The van der Waals surface area contributed by atoms with E-state index in [2.05, 4.69) is 0 Å². The summed E-state index contributed by atoms with van der Waals surface area (Å²) in [6, 6.07) is 3.31. The molecular weight excluding hydrogens is 298 g/mol. The van der Waals surface area contributed by atoms with E-state index in [-0.39, 0.29) is 22.3 Å². The molecule has 1 fully saturated rings. The second-order valence-corrected chi connectivity index (χ2v) is 6.84. The zero-order valence-corrected chi connectivity index (χ0v) is 12.4. The fourth-order valence-corrected chi connectivity index (χ4v) is 3.72. The first-order valence-corrected chi connectivity index (χ1v) is 7.87. The molecule has 0 aliphatic carbocycles. The zero-order valence-electron chi connectivity index (χ0n) is 11.6. The molecule has 2 rings (SSSR count). The number of hydrogen-bond acceptors (Lipinski definition) is 6. The molecule has 0 spiro atoms. The molecule has 116 valence electrons. The average molecular weight is 315 g/mol. The van der Waals surface area contributed by atoms with Gasteiger partial charge >= 0.3 is 0 Å². The summed E-state index contributed by atoms with van der Waals surface area (Å²) < 4.78 is 31.5. The third-order valence-electron chi connectivity index (χ3n) is 3.58. The summed E-state index contributed by atoms with van der Waals surface area (Å²) in [5, 5.41) is 10.7. The predicted octanol–water partition coefficient (Wildman–Crippen LogP) is 0.976. The minimum Gasteiger partial charge on any atom is -0.393 e. The third-order valence-corrected chi connectivity index (χ3v) is 5.48. The summed E-state index contributed by atoms with van der Waals surface area (Å²) in [5.74, 6) is 0. The van der Waals surface area contributed by atoms with Crippen molar-refractivity contribution in [1.82, 2.24) is 4.31 Å². The molecule has 1 aromatic carbocycles. The van der Waals surface area contributed by atoms with Crippen molar-refractivity contribution in [1.29, 1.82) is 0 Å². The number of anilines is 1. The fraction of sp³-hybridized carbons (Fsp3) is 0.500. The summed E-state index contributed by atoms with van der Waals surface area (Å²) >= 11 is 0. The van der Waals surface area contributed by atoms with Gasteiger partial charge in [-0.1, -0.05) is 0 Å². The van der Waals surface area contributed by atoms with Crippen molar-refractivity contribution in [3.8, 4) is 0 Å². The fourth-order valence-electron chi connectivity index (χ4n) is 2.27. The lowest BCUT2D eigenvalue weighted by Gasteiger charge is -2.30. The first kappa shape index (κ1) is 15.7. The van der Waals surface area contributed by atoms with Crippen molar-refractivity contribution in [3.63, 3.8) is 0 Å². The van der Waals surface area contributed by atoms with Crippen molar-refractivity contribution in [2.24, 2.45) is 0 Å². The number of nitrogens with zero attached hydrogens (tertiary/aromatic N) is 2. The van der Waals surface area contributed by atoms with E-state index < -0.39 is 14.9 Å². The normalized spacial score (nSPS) is 17.0. The van der Waals surface area contributed by atoms with Crippen molar-refractivity contribution < 1.29 is 18.1 Å². The van der Waals surface area contributed by atoms with E-state index in [4.69, 9.17) is 10.5 Å². The van der Waals surface area contributed by atoms with Gasteiger partial charge in [-0.05, 0) is 25.0 Å². The molecule has 0 radical (unpaired) electrons. The van der Waals surface area contributed by atoms with Crippen LogP contribution >= 0.6 is 0 Å². The molecule has 21 heavy (non-hydrogen) atoms. The maximum atomic E-state index is 12.5. The van der Waals surface area contributed by atoms with Crippen molar-refractivity contribution in [2.75, 3.05) is 26.0 Å². The van der Waals surface area contributed by atoms with Gasteiger partial charge < -0.3 is 10.5 Å².